The van der Waals surface area contributed by atoms with Crippen LogP contribution in [0.25, 0.3) is 0 Å². The lowest BCUT2D eigenvalue weighted by atomic mass is 10.1. The Bertz CT molecular complexity index is 655. The molecule has 0 amide bonds. The van der Waals surface area contributed by atoms with Crippen LogP contribution in [0, 0.1) is 6.92 Å². The number of aryl methyl sites for hydroxylation is 2. The Hall–Kier alpha value is -1.63. The number of rotatable bonds is 6. The second-order valence-corrected chi connectivity index (χ2v) is 5.44. The fraction of sp³-hybridized carbons (Fsp3) is 0.368. The predicted octanol–water partition coefficient (Wildman–Crippen LogP) is 3.83. The largest absolute Gasteiger partial charge is 0.357 e. The van der Waals surface area contributed by atoms with Crippen LogP contribution in [0.3, 0.4) is 0 Å². The molecule has 0 unspecified atom stereocenters. The highest BCUT2D eigenvalue weighted by Crippen LogP contribution is 2.10. The molecule has 0 bridgehead atoms. The van der Waals surface area contributed by atoms with E-state index in [4.69, 9.17) is 4.99 Å². The molecule has 0 radical (unpaired) electrons. The molecule has 2 aromatic rings. The molecular weight excluding hydrogens is 411 g/mol. The van der Waals surface area contributed by atoms with Crippen molar-refractivity contribution in [2.45, 2.75) is 40.3 Å². The van der Waals surface area contributed by atoms with Gasteiger partial charge < -0.3 is 10.6 Å². The van der Waals surface area contributed by atoms with E-state index in [0.717, 1.165) is 24.6 Å². The van der Waals surface area contributed by atoms with E-state index in [9.17, 15) is 0 Å². The van der Waals surface area contributed by atoms with E-state index in [1.165, 1.54) is 16.7 Å². The molecule has 0 aliphatic rings. The summed E-state index contributed by atoms with van der Waals surface area (Å²) in [5.41, 5.74) is 4.87. The van der Waals surface area contributed by atoms with Gasteiger partial charge in [-0.3, -0.25) is 4.98 Å². The van der Waals surface area contributed by atoms with Gasteiger partial charge in [0.15, 0.2) is 5.96 Å². The van der Waals surface area contributed by atoms with E-state index in [-0.39, 0.29) is 24.0 Å². The normalized spacial score (nSPS) is 10.9. The number of pyridine rings is 1. The van der Waals surface area contributed by atoms with E-state index >= 15 is 0 Å². The van der Waals surface area contributed by atoms with E-state index in [0.29, 0.717) is 13.1 Å². The Morgan fingerprint density at radius 2 is 1.79 bits per heavy atom. The van der Waals surface area contributed by atoms with E-state index in [2.05, 4.69) is 66.7 Å². The Labute approximate surface area is 162 Å². The first-order valence-corrected chi connectivity index (χ1v) is 8.24. The zero-order chi connectivity index (χ0) is 16.5. The van der Waals surface area contributed by atoms with Crippen LogP contribution in [0.15, 0.2) is 47.6 Å². The van der Waals surface area contributed by atoms with Gasteiger partial charge in [0.1, 0.15) is 0 Å². The van der Waals surface area contributed by atoms with Gasteiger partial charge in [0.05, 0.1) is 18.8 Å². The summed E-state index contributed by atoms with van der Waals surface area (Å²) in [5.74, 6) is 0.823. The first-order valence-electron chi connectivity index (χ1n) is 8.24. The minimum Gasteiger partial charge on any atom is -0.357 e. The molecule has 1 heterocycles. The number of nitrogens with one attached hydrogen (secondary N) is 2. The van der Waals surface area contributed by atoms with E-state index < -0.39 is 0 Å². The molecule has 0 atom stereocenters. The first kappa shape index (κ1) is 20.4. The number of benzene rings is 1. The summed E-state index contributed by atoms with van der Waals surface area (Å²) in [6, 6.07) is 12.5. The van der Waals surface area contributed by atoms with Gasteiger partial charge in [0.2, 0.25) is 0 Å². The molecule has 0 fully saturated rings. The highest BCUT2D eigenvalue weighted by molar-refractivity contribution is 14.0. The number of halogens is 1. The fourth-order valence-corrected chi connectivity index (χ4v) is 2.43. The molecule has 2 N–H and O–H groups in total. The summed E-state index contributed by atoms with van der Waals surface area (Å²) in [6.45, 7) is 8.52. The summed E-state index contributed by atoms with van der Waals surface area (Å²) in [4.78, 5) is 9.11. The third-order valence-electron chi connectivity index (χ3n) is 3.79. The van der Waals surface area contributed by atoms with Gasteiger partial charge in [-0.2, -0.15) is 0 Å². The number of aromatic nitrogens is 1. The smallest absolute Gasteiger partial charge is 0.191 e. The summed E-state index contributed by atoms with van der Waals surface area (Å²) < 4.78 is 0. The maximum absolute atomic E-state index is 4.70. The molecule has 2 rings (SSSR count). The number of nitrogens with zero attached hydrogens (tertiary/aromatic N) is 2. The zero-order valence-electron chi connectivity index (χ0n) is 14.7. The fourth-order valence-electron chi connectivity index (χ4n) is 2.43. The molecule has 0 saturated carbocycles. The van der Waals surface area contributed by atoms with Crippen molar-refractivity contribution in [3.05, 3.63) is 65.0 Å². The van der Waals surface area contributed by atoms with Crippen LogP contribution in [0.5, 0.6) is 0 Å². The van der Waals surface area contributed by atoms with Crippen molar-refractivity contribution in [2.75, 3.05) is 6.54 Å². The quantitative estimate of drug-likeness (QED) is 0.410. The topological polar surface area (TPSA) is 49.3 Å². The molecule has 0 aliphatic carbocycles. The van der Waals surface area contributed by atoms with Crippen molar-refractivity contribution in [3.63, 3.8) is 0 Å². The second kappa shape index (κ2) is 11.0. The lowest BCUT2D eigenvalue weighted by molar-refractivity contribution is 0.793. The number of guanidine groups is 1. The van der Waals surface area contributed by atoms with Crippen LogP contribution in [0.1, 0.15) is 36.2 Å². The van der Waals surface area contributed by atoms with Crippen LogP contribution >= 0.6 is 24.0 Å². The van der Waals surface area contributed by atoms with Crippen LogP contribution < -0.4 is 10.6 Å². The van der Waals surface area contributed by atoms with Crippen LogP contribution in [0.4, 0.5) is 0 Å². The lowest BCUT2D eigenvalue weighted by Crippen LogP contribution is -2.37. The molecule has 24 heavy (non-hydrogen) atoms. The van der Waals surface area contributed by atoms with Crippen LogP contribution in [-0.4, -0.2) is 17.5 Å². The number of hydrogen-bond acceptors (Lipinski definition) is 2. The van der Waals surface area contributed by atoms with Gasteiger partial charge in [0.25, 0.3) is 0 Å². The molecule has 5 heteroatoms. The van der Waals surface area contributed by atoms with Gasteiger partial charge >= 0.3 is 0 Å². The Kier molecular flexibility index (Phi) is 9.37. The first-order chi connectivity index (χ1) is 11.2. The molecule has 130 valence electrons. The molecule has 1 aromatic carbocycles. The predicted molar refractivity (Wildman–Crippen MR) is 112 cm³/mol. The Balaban J connectivity index is 0.00000288. The standard InChI is InChI=1S/C19H26N4.HI/c1-4-16-10-6-7-11-17(16)13-22-19(20-5-2)23-14-18-15(3)9-8-12-21-18;/h6-12H,4-5,13-14H2,1-3H3,(H2,20,22,23);1H. The molecule has 4 nitrogen and oxygen atoms in total. The summed E-state index contributed by atoms with van der Waals surface area (Å²) in [5, 5.41) is 6.65. The molecular formula is C19H27IN4. The van der Waals surface area contributed by atoms with Crippen molar-refractivity contribution < 1.29 is 0 Å². The minimum atomic E-state index is 0. The Morgan fingerprint density at radius 3 is 2.46 bits per heavy atom. The lowest BCUT2D eigenvalue weighted by Gasteiger charge is -2.12. The monoisotopic (exact) mass is 438 g/mol. The van der Waals surface area contributed by atoms with E-state index in [1.54, 1.807) is 0 Å². The van der Waals surface area contributed by atoms with Crippen molar-refractivity contribution in [2.24, 2.45) is 4.99 Å². The van der Waals surface area contributed by atoms with Gasteiger partial charge in [-0.25, -0.2) is 4.99 Å². The van der Waals surface area contributed by atoms with Crippen molar-refractivity contribution in [1.29, 1.82) is 0 Å². The summed E-state index contributed by atoms with van der Waals surface area (Å²) >= 11 is 0. The summed E-state index contributed by atoms with van der Waals surface area (Å²) in [7, 11) is 0. The maximum atomic E-state index is 4.70. The third kappa shape index (κ3) is 6.11. The zero-order valence-corrected chi connectivity index (χ0v) is 17.0. The number of aliphatic imine (C=N–C) groups is 1. The van der Waals surface area contributed by atoms with Gasteiger partial charge in [0, 0.05) is 12.7 Å². The molecule has 0 aliphatic heterocycles. The average molecular weight is 438 g/mol. The Morgan fingerprint density at radius 1 is 1.04 bits per heavy atom. The highest BCUT2D eigenvalue weighted by Gasteiger charge is 2.03. The molecule has 0 saturated heterocycles. The minimum absolute atomic E-state index is 0. The van der Waals surface area contributed by atoms with Crippen molar-refractivity contribution in [1.82, 2.24) is 15.6 Å². The van der Waals surface area contributed by atoms with Crippen molar-refractivity contribution in [3.8, 4) is 0 Å². The van der Waals surface area contributed by atoms with Gasteiger partial charge in [-0.05, 0) is 43.0 Å². The average Bonchev–Trinajstić information content (AvgIpc) is 2.59. The second-order valence-electron chi connectivity index (χ2n) is 5.44. The summed E-state index contributed by atoms with van der Waals surface area (Å²) in [6.07, 6.45) is 2.86. The third-order valence-corrected chi connectivity index (χ3v) is 3.79. The highest BCUT2D eigenvalue weighted by atomic mass is 127. The van der Waals surface area contributed by atoms with Gasteiger partial charge in [-0.1, -0.05) is 37.3 Å². The maximum Gasteiger partial charge on any atom is 0.191 e. The SMILES string of the molecule is CCNC(=NCc1ccccc1CC)NCc1ncccc1C.I. The van der Waals surface area contributed by atoms with Crippen LogP contribution in [0.2, 0.25) is 0 Å². The number of hydrogen-bond donors (Lipinski definition) is 2. The van der Waals surface area contributed by atoms with Gasteiger partial charge in [-0.15, -0.1) is 24.0 Å². The van der Waals surface area contributed by atoms with Crippen LogP contribution in [-0.2, 0) is 19.5 Å². The van der Waals surface area contributed by atoms with Crippen molar-refractivity contribution >= 4 is 29.9 Å². The molecule has 0 spiro atoms. The van der Waals surface area contributed by atoms with E-state index in [1.807, 2.05) is 12.3 Å². The molecule has 1 aromatic heterocycles.